The normalized spacial score (nSPS) is 11.2. The maximum absolute atomic E-state index is 14.9. The zero-order valence-corrected chi connectivity index (χ0v) is 25.1. The molecular formula is C31H29F2N5O5S. The molecule has 0 radical (unpaired) electrons. The molecule has 228 valence electrons. The lowest BCUT2D eigenvalue weighted by molar-refractivity contribution is 0.114. The van der Waals surface area contributed by atoms with E-state index in [2.05, 4.69) is 15.6 Å². The minimum absolute atomic E-state index is 0.257. The second-order valence-corrected chi connectivity index (χ2v) is 11.1. The molecule has 0 atom stereocenters. The summed E-state index contributed by atoms with van der Waals surface area (Å²) in [4.78, 5) is 47.6. The van der Waals surface area contributed by atoms with E-state index < -0.39 is 35.5 Å². The van der Waals surface area contributed by atoms with Gasteiger partial charge in [0, 0.05) is 22.7 Å². The van der Waals surface area contributed by atoms with Gasteiger partial charge in [0.15, 0.2) is 0 Å². The third kappa shape index (κ3) is 5.97. The molecule has 5 rings (SSSR count). The summed E-state index contributed by atoms with van der Waals surface area (Å²) in [5, 5.41) is 2.89. The van der Waals surface area contributed by atoms with Gasteiger partial charge in [0.05, 0.1) is 31.8 Å². The molecule has 5 aromatic rings. The highest BCUT2D eigenvalue weighted by Crippen LogP contribution is 2.38. The van der Waals surface area contributed by atoms with E-state index in [9.17, 15) is 23.2 Å². The van der Waals surface area contributed by atoms with Crippen LogP contribution in [0, 0.1) is 11.6 Å². The number of hydrogen-bond donors (Lipinski definition) is 2. The van der Waals surface area contributed by atoms with Crippen LogP contribution < -0.4 is 26.8 Å². The molecule has 0 fully saturated rings. The Kier molecular flexibility index (Phi) is 8.90. The molecule has 44 heavy (non-hydrogen) atoms. The van der Waals surface area contributed by atoms with Crippen molar-refractivity contribution in [3.8, 4) is 21.9 Å². The number of anilines is 1. The van der Waals surface area contributed by atoms with E-state index in [0.717, 1.165) is 16.7 Å². The second-order valence-electron chi connectivity index (χ2n) is 10.1. The van der Waals surface area contributed by atoms with Gasteiger partial charge in [0.2, 0.25) is 0 Å². The highest BCUT2D eigenvalue weighted by Gasteiger charge is 2.25. The van der Waals surface area contributed by atoms with E-state index in [4.69, 9.17) is 4.74 Å². The number of urea groups is 1. The number of thiophene rings is 1. The fourth-order valence-corrected chi connectivity index (χ4v) is 6.17. The Hall–Kier alpha value is -4.85. The van der Waals surface area contributed by atoms with Crippen LogP contribution in [0.15, 0.2) is 76.3 Å². The summed E-state index contributed by atoms with van der Waals surface area (Å²) in [6.07, 6.45) is 0. The van der Waals surface area contributed by atoms with Crippen molar-refractivity contribution in [2.24, 2.45) is 0 Å². The molecule has 2 amide bonds. The summed E-state index contributed by atoms with van der Waals surface area (Å²) >= 11 is 1.18. The molecule has 0 aliphatic rings. The minimum atomic E-state index is -0.807. The molecule has 2 heterocycles. The van der Waals surface area contributed by atoms with Gasteiger partial charge in [0.1, 0.15) is 22.2 Å². The quantitative estimate of drug-likeness (QED) is 0.226. The van der Waals surface area contributed by atoms with Crippen molar-refractivity contribution in [3.63, 3.8) is 0 Å². The van der Waals surface area contributed by atoms with Gasteiger partial charge in [0.25, 0.3) is 5.56 Å². The first-order valence-electron chi connectivity index (χ1n) is 13.4. The first-order valence-corrected chi connectivity index (χ1v) is 14.2. The van der Waals surface area contributed by atoms with Crippen molar-refractivity contribution in [3.05, 3.63) is 110 Å². The van der Waals surface area contributed by atoms with E-state index in [-0.39, 0.29) is 21.5 Å². The molecule has 0 spiro atoms. The fourth-order valence-electron chi connectivity index (χ4n) is 4.86. The molecule has 0 bridgehead atoms. The van der Waals surface area contributed by atoms with Gasteiger partial charge < -0.3 is 15.0 Å². The van der Waals surface area contributed by atoms with Gasteiger partial charge in [-0.05, 0) is 73.8 Å². The summed E-state index contributed by atoms with van der Waals surface area (Å²) in [7, 11) is 6.52. The molecule has 0 saturated heterocycles. The van der Waals surface area contributed by atoms with Crippen LogP contribution in [-0.4, -0.2) is 48.4 Å². The number of hydrogen-bond acceptors (Lipinski definition) is 7. The van der Waals surface area contributed by atoms with E-state index in [1.165, 1.54) is 36.2 Å². The molecular weight excluding hydrogens is 592 g/mol. The molecule has 2 N–H and O–H groups in total. The number of hydroxylamine groups is 1. The van der Waals surface area contributed by atoms with Crippen LogP contribution in [0.1, 0.15) is 11.1 Å². The summed E-state index contributed by atoms with van der Waals surface area (Å²) < 4.78 is 37.2. The van der Waals surface area contributed by atoms with Crippen molar-refractivity contribution in [2.45, 2.75) is 13.1 Å². The lowest BCUT2D eigenvalue weighted by Gasteiger charge is -2.15. The molecule has 2 aromatic heterocycles. The molecule has 0 aliphatic carbocycles. The first kappa shape index (κ1) is 30.6. The topological polar surface area (TPSA) is 107 Å². The Bertz CT molecular complexity index is 1930. The van der Waals surface area contributed by atoms with Crippen LogP contribution in [-0.2, 0) is 17.9 Å². The van der Waals surface area contributed by atoms with Gasteiger partial charge >= 0.3 is 11.7 Å². The largest absolute Gasteiger partial charge is 0.497 e. The second kappa shape index (κ2) is 12.8. The zero-order valence-electron chi connectivity index (χ0n) is 24.3. The lowest BCUT2D eigenvalue weighted by atomic mass is 10.1. The molecule has 3 aromatic carbocycles. The van der Waals surface area contributed by atoms with Crippen LogP contribution in [0.4, 0.5) is 19.3 Å². The first-order chi connectivity index (χ1) is 21.1. The fraction of sp³-hybridized carbons (Fsp3) is 0.194. The summed E-state index contributed by atoms with van der Waals surface area (Å²) in [6.45, 7) is -0.112. The molecule has 10 nitrogen and oxygen atoms in total. The van der Waals surface area contributed by atoms with E-state index >= 15 is 0 Å². The number of benzene rings is 3. The van der Waals surface area contributed by atoms with Crippen molar-refractivity contribution in [1.82, 2.24) is 19.5 Å². The van der Waals surface area contributed by atoms with Gasteiger partial charge in [-0.15, -0.1) is 11.3 Å². The van der Waals surface area contributed by atoms with Crippen LogP contribution in [0.2, 0.25) is 0 Å². The van der Waals surface area contributed by atoms with Crippen LogP contribution in [0.5, 0.6) is 5.75 Å². The maximum Gasteiger partial charge on any atom is 0.343 e. The number of fused-ring (bicyclic) bond motifs is 1. The van der Waals surface area contributed by atoms with Crippen LogP contribution in [0.25, 0.3) is 26.3 Å². The highest BCUT2D eigenvalue weighted by atomic mass is 32.1. The molecule has 0 aliphatic heterocycles. The van der Waals surface area contributed by atoms with E-state index in [1.54, 1.807) is 48.5 Å². The number of carbonyl (C=O) groups is 1. The predicted molar refractivity (Wildman–Crippen MR) is 166 cm³/mol. The number of halogens is 2. The lowest BCUT2D eigenvalue weighted by Crippen LogP contribution is -2.39. The van der Waals surface area contributed by atoms with E-state index in [1.807, 2.05) is 19.0 Å². The summed E-state index contributed by atoms with van der Waals surface area (Å²) in [5.74, 6) is -1.09. The molecule has 0 saturated carbocycles. The molecule has 13 heteroatoms. The van der Waals surface area contributed by atoms with Gasteiger partial charge in [-0.3, -0.25) is 14.2 Å². The average molecular weight is 622 g/mol. The van der Waals surface area contributed by atoms with Crippen molar-refractivity contribution >= 4 is 33.3 Å². The van der Waals surface area contributed by atoms with Crippen molar-refractivity contribution in [2.75, 3.05) is 33.6 Å². The van der Waals surface area contributed by atoms with Gasteiger partial charge in [-0.2, -0.15) is 0 Å². The smallest absolute Gasteiger partial charge is 0.343 e. The van der Waals surface area contributed by atoms with Crippen LogP contribution >= 0.6 is 11.3 Å². The monoisotopic (exact) mass is 621 g/mol. The minimum Gasteiger partial charge on any atom is -0.497 e. The summed E-state index contributed by atoms with van der Waals surface area (Å²) in [6, 6.07) is 16.2. The Morgan fingerprint density at radius 3 is 2.18 bits per heavy atom. The van der Waals surface area contributed by atoms with Gasteiger partial charge in [-0.1, -0.05) is 18.2 Å². The maximum atomic E-state index is 14.9. The number of amides is 2. The summed E-state index contributed by atoms with van der Waals surface area (Å²) in [5.41, 5.74) is 2.69. The number of nitrogens with zero attached hydrogens (tertiary/aromatic N) is 3. The average Bonchev–Trinajstić information content (AvgIpc) is 3.36. The van der Waals surface area contributed by atoms with Gasteiger partial charge in [-0.25, -0.2) is 28.4 Å². The van der Waals surface area contributed by atoms with Crippen LogP contribution in [0.3, 0.4) is 0 Å². The number of aromatic nitrogens is 2. The van der Waals surface area contributed by atoms with Crippen molar-refractivity contribution < 1.29 is 23.1 Å². The Morgan fingerprint density at radius 1 is 0.932 bits per heavy atom. The SMILES string of the molecule is CONC(=O)Nc1ccc(-c2sc3c(c2CN(C)C)c(=O)n(-c2ccc(OC)cc2)c(=O)n3Cc2c(F)cccc2F)cc1. The third-order valence-corrected chi connectivity index (χ3v) is 8.16. The highest BCUT2D eigenvalue weighted by molar-refractivity contribution is 7.22. The number of ether oxygens (including phenoxy) is 1. The molecule has 0 unspecified atom stereocenters. The van der Waals surface area contributed by atoms with E-state index in [0.29, 0.717) is 34.0 Å². The third-order valence-electron chi connectivity index (χ3n) is 6.86. The number of nitrogens with one attached hydrogen (secondary N) is 2. The Balaban J connectivity index is 1.79. The van der Waals surface area contributed by atoms with Crippen molar-refractivity contribution in [1.29, 1.82) is 0 Å². The standard InChI is InChI=1S/C31H29F2N5O5S/c1-36(2)16-23-26-28(39)38(20-12-14-21(42-3)15-13-20)31(41)37(17-22-24(32)6-5-7-25(22)33)29(26)44-27(23)18-8-10-19(11-9-18)34-30(40)35-43-4/h5-15H,16-17H2,1-4H3,(H2,34,35,40). The number of methoxy groups -OCH3 is 1. The number of carbonyl (C=O) groups excluding carboxylic acids is 1. The number of rotatable bonds is 9. The Labute approximate surface area is 254 Å². The Morgan fingerprint density at radius 2 is 1.59 bits per heavy atom. The zero-order chi connectivity index (χ0) is 31.5. The predicted octanol–water partition coefficient (Wildman–Crippen LogP) is 4.96.